The molecular weight excluding hydrogens is 218 g/mol. The second-order valence-corrected chi connectivity index (χ2v) is 7.88. The van der Waals surface area contributed by atoms with Crippen molar-refractivity contribution < 1.29 is 0 Å². The number of rotatable bonds is 6. The molecule has 0 radical (unpaired) electrons. The van der Waals surface area contributed by atoms with E-state index >= 15 is 0 Å². The Morgan fingerprint density at radius 2 is 1.56 bits per heavy atom. The van der Waals surface area contributed by atoms with Crippen molar-refractivity contribution in [2.45, 2.75) is 83.6 Å². The van der Waals surface area contributed by atoms with Crippen LogP contribution in [0.2, 0.25) is 0 Å². The quantitative estimate of drug-likeness (QED) is 0.689. The van der Waals surface area contributed by atoms with Crippen molar-refractivity contribution in [3.05, 3.63) is 0 Å². The maximum Gasteiger partial charge on any atom is 0.00441 e. The van der Waals surface area contributed by atoms with Crippen molar-refractivity contribution in [2.75, 3.05) is 0 Å². The average molecular weight is 249 g/mol. The summed E-state index contributed by atoms with van der Waals surface area (Å²) in [6.07, 6.45) is 15.9. The highest BCUT2D eigenvalue weighted by Gasteiger charge is 2.50. The molecule has 2 N–H and O–H groups in total. The topological polar surface area (TPSA) is 26.0 Å². The summed E-state index contributed by atoms with van der Waals surface area (Å²) in [6.45, 7) is 2.28. The van der Waals surface area contributed by atoms with Gasteiger partial charge in [-0.25, -0.2) is 0 Å². The minimum Gasteiger partial charge on any atom is -0.328 e. The zero-order chi connectivity index (χ0) is 12.6. The smallest absolute Gasteiger partial charge is 0.00441 e. The first-order valence-electron chi connectivity index (χ1n) is 8.45. The second kappa shape index (κ2) is 5.15. The van der Waals surface area contributed by atoms with Crippen LogP contribution in [0.5, 0.6) is 0 Å². The molecule has 1 atom stereocenters. The van der Waals surface area contributed by atoms with E-state index in [0.717, 1.165) is 17.8 Å². The summed E-state index contributed by atoms with van der Waals surface area (Å²) in [7, 11) is 0. The first kappa shape index (κ1) is 13.0. The van der Waals surface area contributed by atoms with Crippen molar-refractivity contribution >= 4 is 0 Å². The molecule has 0 amide bonds. The molecule has 0 saturated heterocycles. The zero-order valence-corrected chi connectivity index (χ0v) is 12.2. The van der Waals surface area contributed by atoms with Gasteiger partial charge < -0.3 is 5.73 Å². The minimum absolute atomic E-state index is 0.493. The molecular formula is C17H31N. The fraction of sp³-hybridized carbons (Fsp3) is 1.00. The highest BCUT2D eigenvalue weighted by molar-refractivity contribution is 5.02. The van der Waals surface area contributed by atoms with Crippen LogP contribution in [0.4, 0.5) is 0 Å². The molecule has 4 saturated carbocycles. The summed E-state index contributed by atoms with van der Waals surface area (Å²) < 4.78 is 0. The summed E-state index contributed by atoms with van der Waals surface area (Å²) in [6, 6.07) is 0.493. The monoisotopic (exact) mass is 249 g/mol. The molecule has 4 aliphatic rings. The third kappa shape index (κ3) is 2.61. The number of unbranched alkanes of at least 4 members (excludes halogenated alkanes) is 2. The first-order valence-corrected chi connectivity index (χ1v) is 8.45. The van der Waals surface area contributed by atoms with Gasteiger partial charge in [-0.15, -0.1) is 0 Å². The average Bonchev–Trinajstić information content (AvgIpc) is 2.26. The van der Waals surface area contributed by atoms with Crippen molar-refractivity contribution in [1.29, 1.82) is 0 Å². The second-order valence-electron chi connectivity index (χ2n) is 7.88. The normalized spacial score (nSPS) is 43.3. The van der Waals surface area contributed by atoms with Crippen LogP contribution >= 0.6 is 0 Å². The van der Waals surface area contributed by atoms with Crippen molar-refractivity contribution in [3.8, 4) is 0 Å². The molecule has 18 heavy (non-hydrogen) atoms. The molecule has 0 aromatic heterocycles. The Balaban J connectivity index is 1.55. The van der Waals surface area contributed by atoms with Crippen molar-refractivity contribution in [1.82, 2.24) is 0 Å². The lowest BCUT2D eigenvalue weighted by Gasteiger charge is -2.57. The van der Waals surface area contributed by atoms with Gasteiger partial charge >= 0.3 is 0 Å². The molecule has 104 valence electrons. The third-order valence-electron chi connectivity index (χ3n) is 6.04. The van der Waals surface area contributed by atoms with E-state index in [1.165, 1.54) is 51.4 Å². The molecule has 0 spiro atoms. The van der Waals surface area contributed by atoms with Crippen molar-refractivity contribution in [3.63, 3.8) is 0 Å². The van der Waals surface area contributed by atoms with E-state index in [0.29, 0.717) is 11.5 Å². The van der Waals surface area contributed by atoms with Gasteiger partial charge in [0.15, 0.2) is 0 Å². The van der Waals surface area contributed by atoms with Gasteiger partial charge in [-0.05, 0) is 74.5 Å². The summed E-state index contributed by atoms with van der Waals surface area (Å²) in [5.41, 5.74) is 7.13. The molecule has 4 fully saturated rings. The van der Waals surface area contributed by atoms with Crippen molar-refractivity contribution in [2.24, 2.45) is 28.9 Å². The summed E-state index contributed by atoms with van der Waals surface area (Å²) in [4.78, 5) is 0. The van der Waals surface area contributed by atoms with Crippen LogP contribution in [-0.2, 0) is 0 Å². The number of nitrogens with two attached hydrogens (primary N) is 1. The molecule has 0 aromatic rings. The standard InChI is InChI=1S/C17H31N/c1-2-3-4-5-16(18)12-17-9-13-6-14(10-17)8-15(7-13)11-17/h13-16H,2-12,18H2,1H3. The van der Waals surface area contributed by atoms with Gasteiger partial charge in [0.1, 0.15) is 0 Å². The Morgan fingerprint density at radius 3 is 2.06 bits per heavy atom. The fourth-order valence-corrected chi connectivity index (χ4v) is 5.85. The summed E-state index contributed by atoms with van der Waals surface area (Å²) in [5, 5.41) is 0. The van der Waals surface area contributed by atoms with E-state index in [1.807, 2.05) is 0 Å². The lowest BCUT2D eigenvalue weighted by atomic mass is 9.48. The van der Waals surface area contributed by atoms with Crippen LogP contribution < -0.4 is 5.73 Å². The minimum atomic E-state index is 0.493. The van der Waals surface area contributed by atoms with Gasteiger partial charge in [0.2, 0.25) is 0 Å². The van der Waals surface area contributed by atoms with Gasteiger partial charge in [0, 0.05) is 6.04 Å². The Bertz CT molecular complexity index is 248. The summed E-state index contributed by atoms with van der Waals surface area (Å²) in [5.74, 6) is 3.25. The van der Waals surface area contributed by atoms with Crippen LogP contribution in [0.15, 0.2) is 0 Å². The Morgan fingerprint density at radius 1 is 1.00 bits per heavy atom. The van der Waals surface area contributed by atoms with E-state index in [2.05, 4.69) is 6.92 Å². The van der Waals surface area contributed by atoms with E-state index in [9.17, 15) is 0 Å². The Hall–Kier alpha value is -0.0400. The predicted octanol–water partition coefficient (Wildman–Crippen LogP) is 4.50. The molecule has 4 aliphatic carbocycles. The highest BCUT2D eigenvalue weighted by atomic mass is 14.7. The van der Waals surface area contributed by atoms with Crippen LogP contribution in [0.25, 0.3) is 0 Å². The highest BCUT2D eigenvalue weighted by Crippen LogP contribution is 2.61. The number of hydrogen-bond acceptors (Lipinski definition) is 1. The van der Waals surface area contributed by atoms with Gasteiger partial charge in [-0.3, -0.25) is 0 Å². The maximum absolute atomic E-state index is 6.44. The van der Waals surface area contributed by atoms with E-state index < -0.39 is 0 Å². The van der Waals surface area contributed by atoms with E-state index in [4.69, 9.17) is 5.73 Å². The van der Waals surface area contributed by atoms with E-state index in [1.54, 1.807) is 19.3 Å². The largest absolute Gasteiger partial charge is 0.328 e. The van der Waals surface area contributed by atoms with Crippen LogP contribution in [0.3, 0.4) is 0 Å². The zero-order valence-electron chi connectivity index (χ0n) is 12.2. The molecule has 1 unspecified atom stereocenters. The molecule has 0 aliphatic heterocycles. The number of hydrogen-bond donors (Lipinski definition) is 1. The van der Waals surface area contributed by atoms with Crippen LogP contribution in [-0.4, -0.2) is 6.04 Å². The van der Waals surface area contributed by atoms with Gasteiger partial charge in [0.05, 0.1) is 0 Å². The molecule has 0 aromatic carbocycles. The van der Waals surface area contributed by atoms with E-state index in [-0.39, 0.29) is 0 Å². The summed E-state index contributed by atoms with van der Waals surface area (Å²) >= 11 is 0. The first-order chi connectivity index (χ1) is 8.69. The lowest BCUT2D eigenvalue weighted by Crippen LogP contribution is -2.48. The lowest BCUT2D eigenvalue weighted by molar-refractivity contribution is -0.0606. The molecule has 4 rings (SSSR count). The molecule has 4 bridgehead atoms. The van der Waals surface area contributed by atoms with Gasteiger partial charge in [-0.1, -0.05) is 26.2 Å². The fourth-order valence-electron chi connectivity index (χ4n) is 5.85. The van der Waals surface area contributed by atoms with Crippen LogP contribution in [0, 0.1) is 23.2 Å². The Labute approximate surface area is 113 Å². The third-order valence-corrected chi connectivity index (χ3v) is 6.04. The Kier molecular flexibility index (Phi) is 3.71. The predicted molar refractivity (Wildman–Crippen MR) is 77.3 cm³/mol. The maximum atomic E-state index is 6.44. The SMILES string of the molecule is CCCCCC(N)CC12CC3CC(CC(C3)C1)C2. The van der Waals surface area contributed by atoms with Crippen LogP contribution in [0.1, 0.15) is 77.6 Å². The molecule has 1 nitrogen and oxygen atoms in total. The molecule has 0 heterocycles. The van der Waals surface area contributed by atoms with Gasteiger partial charge in [0.25, 0.3) is 0 Å². The molecule has 1 heteroatoms. The van der Waals surface area contributed by atoms with Gasteiger partial charge in [-0.2, -0.15) is 0 Å².